The van der Waals surface area contributed by atoms with Crippen LogP contribution in [0.15, 0.2) is 43.0 Å². The van der Waals surface area contributed by atoms with Crippen LogP contribution in [0.25, 0.3) is 0 Å². The number of benzene rings is 1. The van der Waals surface area contributed by atoms with Crippen LogP contribution in [0.2, 0.25) is 0 Å². The van der Waals surface area contributed by atoms with Crippen molar-refractivity contribution in [2.24, 2.45) is 5.41 Å². The quantitative estimate of drug-likeness (QED) is 0.533. The molecule has 0 aliphatic carbocycles. The zero-order valence-electron chi connectivity index (χ0n) is 11.6. The molecule has 0 saturated carbocycles. The summed E-state index contributed by atoms with van der Waals surface area (Å²) in [4.78, 5) is 0. The molecule has 0 radical (unpaired) electrons. The zero-order valence-corrected chi connectivity index (χ0v) is 11.6. The fraction of sp³-hybridized carbons (Fsp3) is 0.500. The van der Waals surface area contributed by atoms with Crippen LogP contribution in [-0.2, 0) is 11.3 Å². The van der Waals surface area contributed by atoms with Crippen LogP contribution in [0, 0.1) is 5.41 Å². The Morgan fingerprint density at radius 1 is 1.33 bits per heavy atom. The number of rotatable bonds is 9. The molecule has 0 amide bonds. The third kappa shape index (κ3) is 5.48. The Labute approximate surface area is 111 Å². The van der Waals surface area contributed by atoms with Gasteiger partial charge in [-0.05, 0) is 18.5 Å². The minimum Gasteiger partial charge on any atom is -0.376 e. The predicted octanol–water partition coefficient (Wildman–Crippen LogP) is 3.40. The molecule has 1 aromatic rings. The second-order valence-corrected chi connectivity index (χ2v) is 5.01. The van der Waals surface area contributed by atoms with Crippen LogP contribution in [-0.4, -0.2) is 19.7 Å². The summed E-state index contributed by atoms with van der Waals surface area (Å²) in [5.41, 5.74) is 1.22. The lowest BCUT2D eigenvalue weighted by molar-refractivity contribution is 0.0643. The smallest absolute Gasteiger partial charge is 0.0717 e. The average Bonchev–Trinajstić information content (AvgIpc) is 2.40. The summed E-state index contributed by atoms with van der Waals surface area (Å²) in [5, 5.41) is 3.42. The SMILES string of the molecule is C=CC(C)(CNCCC)COCc1ccccc1. The molecule has 1 rings (SSSR count). The molecule has 0 heterocycles. The fourth-order valence-electron chi connectivity index (χ4n) is 1.71. The average molecular weight is 247 g/mol. The number of hydrogen-bond donors (Lipinski definition) is 1. The van der Waals surface area contributed by atoms with Crippen LogP contribution in [0.3, 0.4) is 0 Å². The molecule has 0 bridgehead atoms. The summed E-state index contributed by atoms with van der Waals surface area (Å²) >= 11 is 0. The Kier molecular flexibility index (Phi) is 6.69. The molecule has 2 nitrogen and oxygen atoms in total. The molecule has 1 atom stereocenters. The summed E-state index contributed by atoms with van der Waals surface area (Å²) in [5.74, 6) is 0. The van der Waals surface area contributed by atoms with Gasteiger partial charge in [-0.15, -0.1) is 6.58 Å². The summed E-state index contributed by atoms with van der Waals surface area (Å²) in [6, 6.07) is 10.3. The van der Waals surface area contributed by atoms with E-state index in [1.54, 1.807) is 0 Å². The van der Waals surface area contributed by atoms with Crippen LogP contribution in [0.1, 0.15) is 25.8 Å². The van der Waals surface area contributed by atoms with Gasteiger partial charge in [-0.1, -0.05) is 50.3 Å². The molecule has 0 spiro atoms. The molecule has 18 heavy (non-hydrogen) atoms. The van der Waals surface area contributed by atoms with Crippen molar-refractivity contribution in [3.8, 4) is 0 Å². The predicted molar refractivity (Wildman–Crippen MR) is 77.6 cm³/mol. The first-order valence-corrected chi connectivity index (χ1v) is 6.66. The highest BCUT2D eigenvalue weighted by molar-refractivity contribution is 5.13. The van der Waals surface area contributed by atoms with E-state index in [1.807, 2.05) is 24.3 Å². The first kappa shape index (κ1) is 14.9. The molecule has 1 aromatic carbocycles. The molecule has 0 saturated heterocycles. The van der Waals surface area contributed by atoms with E-state index in [0.29, 0.717) is 13.2 Å². The third-order valence-electron chi connectivity index (χ3n) is 2.99. The van der Waals surface area contributed by atoms with Crippen molar-refractivity contribution in [3.05, 3.63) is 48.6 Å². The van der Waals surface area contributed by atoms with E-state index in [9.17, 15) is 0 Å². The van der Waals surface area contributed by atoms with Gasteiger partial charge < -0.3 is 10.1 Å². The molecule has 0 aliphatic heterocycles. The van der Waals surface area contributed by atoms with Gasteiger partial charge in [-0.3, -0.25) is 0 Å². The number of ether oxygens (including phenoxy) is 1. The van der Waals surface area contributed by atoms with Crippen molar-refractivity contribution < 1.29 is 4.74 Å². The maximum absolute atomic E-state index is 5.80. The van der Waals surface area contributed by atoms with Gasteiger partial charge in [-0.25, -0.2) is 0 Å². The van der Waals surface area contributed by atoms with Crippen molar-refractivity contribution in [1.82, 2.24) is 5.32 Å². The first-order valence-electron chi connectivity index (χ1n) is 6.66. The van der Waals surface area contributed by atoms with Crippen LogP contribution in [0.5, 0.6) is 0 Å². The van der Waals surface area contributed by atoms with Crippen molar-refractivity contribution in [2.75, 3.05) is 19.7 Å². The van der Waals surface area contributed by atoms with Gasteiger partial charge in [0.2, 0.25) is 0 Å². The van der Waals surface area contributed by atoms with Crippen LogP contribution in [0.4, 0.5) is 0 Å². The van der Waals surface area contributed by atoms with E-state index in [-0.39, 0.29) is 5.41 Å². The minimum absolute atomic E-state index is 0.00392. The van der Waals surface area contributed by atoms with Gasteiger partial charge in [0.1, 0.15) is 0 Å². The van der Waals surface area contributed by atoms with Gasteiger partial charge in [-0.2, -0.15) is 0 Å². The van der Waals surface area contributed by atoms with Crippen molar-refractivity contribution >= 4 is 0 Å². The molecule has 0 fully saturated rings. The second kappa shape index (κ2) is 8.06. The lowest BCUT2D eigenvalue weighted by Crippen LogP contribution is -2.34. The number of hydrogen-bond acceptors (Lipinski definition) is 2. The van der Waals surface area contributed by atoms with Crippen LogP contribution < -0.4 is 5.32 Å². The second-order valence-electron chi connectivity index (χ2n) is 5.01. The molecule has 0 aliphatic rings. The van der Waals surface area contributed by atoms with Crippen molar-refractivity contribution in [3.63, 3.8) is 0 Å². The Hall–Kier alpha value is -1.12. The zero-order chi connectivity index (χ0) is 13.3. The lowest BCUT2D eigenvalue weighted by atomic mass is 9.92. The van der Waals surface area contributed by atoms with Gasteiger partial charge >= 0.3 is 0 Å². The third-order valence-corrected chi connectivity index (χ3v) is 2.99. The van der Waals surface area contributed by atoms with E-state index in [1.165, 1.54) is 5.56 Å². The summed E-state index contributed by atoms with van der Waals surface area (Å²) in [6.07, 6.45) is 3.14. The standard InChI is InChI=1S/C16H25NO/c1-4-11-17-13-16(3,5-2)14-18-12-15-9-7-6-8-10-15/h5-10,17H,2,4,11-14H2,1,3H3. The Morgan fingerprint density at radius 2 is 2.06 bits per heavy atom. The molecule has 1 N–H and O–H groups in total. The Bertz CT molecular complexity index is 336. The number of nitrogens with one attached hydrogen (secondary N) is 1. The molecular weight excluding hydrogens is 222 g/mol. The maximum atomic E-state index is 5.80. The summed E-state index contributed by atoms with van der Waals surface area (Å²) < 4.78 is 5.80. The van der Waals surface area contributed by atoms with E-state index in [2.05, 4.69) is 37.9 Å². The highest BCUT2D eigenvalue weighted by atomic mass is 16.5. The minimum atomic E-state index is 0.00392. The van der Waals surface area contributed by atoms with E-state index >= 15 is 0 Å². The normalized spacial score (nSPS) is 14.1. The van der Waals surface area contributed by atoms with E-state index < -0.39 is 0 Å². The molecule has 100 valence electrons. The van der Waals surface area contributed by atoms with Gasteiger partial charge in [0, 0.05) is 12.0 Å². The highest BCUT2D eigenvalue weighted by Gasteiger charge is 2.19. The topological polar surface area (TPSA) is 21.3 Å². The largest absolute Gasteiger partial charge is 0.376 e. The van der Waals surface area contributed by atoms with E-state index in [4.69, 9.17) is 4.74 Å². The molecule has 0 aromatic heterocycles. The Morgan fingerprint density at radius 3 is 2.67 bits per heavy atom. The molecule has 1 unspecified atom stereocenters. The summed E-state index contributed by atoms with van der Waals surface area (Å²) in [7, 11) is 0. The lowest BCUT2D eigenvalue weighted by Gasteiger charge is -2.26. The van der Waals surface area contributed by atoms with Crippen LogP contribution >= 0.6 is 0 Å². The van der Waals surface area contributed by atoms with Crippen molar-refractivity contribution in [2.45, 2.75) is 26.9 Å². The molecular formula is C16H25NO. The van der Waals surface area contributed by atoms with Gasteiger partial charge in [0.25, 0.3) is 0 Å². The van der Waals surface area contributed by atoms with Crippen molar-refractivity contribution in [1.29, 1.82) is 0 Å². The monoisotopic (exact) mass is 247 g/mol. The fourth-order valence-corrected chi connectivity index (χ4v) is 1.71. The molecule has 2 heteroatoms. The first-order chi connectivity index (χ1) is 8.70. The summed E-state index contributed by atoms with van der Waals surface area (Å²) in [6.45, 7) is 11.6. The van der Waals surface area contributed by atoms with Gasteiger partial charge in [0.05, 0.1) is 13.2 Å². The van der Waals surface area contributed by atoms with E-state index in [0.717, 1.165) is 19.5 Å². The highest BCUT2D eigenvalue weighted by Crippen LogP contribution is 2.17. The van der Waals surface area contributed by atoms with Gasteiger partial charge in [0.15, 0.2) is 0 Å². The Balaban J connectivity index is 2.32. The maximum Gasteiger partial charge on any atom is 0.0717 e.